The summed E-state index contributed by atoms with van der Waals surface area (Å²) >= 11 is 0. The molecule has 3 aromatic rings. The van der Waals surface area contributed by atoms with Gasteiger partial charge in [0.05, 0.1) is 0 Å². The van der Waals surface area contributed by atoms with Crippen LogP contribution in [0.5, 0.6) is 0 Å². The predicted molar refractivity (Wildman–Crippen MR) is 123 cm³/mol. The van der Waals surface area contributed by atoms with Crippen LogP contribution in [0.15, 0.2) is 66.7 Å². The average molecular weight is 436 g/mol. The summed E-state index contributed by atoms with van der Waals surface area (Å²) in [5.74, 6) is -0.242. The molecule has 1 aliphatic heterocycles. The zero-order valence-electron chi connectivity index (χ0n) is 18.0. The summed E-state index contributed by atoms with van der Waals surface area (Å²) in [4.78, 5) is 13.0. The third kappa shape index (κ3) is 5.39. The maximum Gasteiger partial charge on any atom is 0.251 e. The van der Waals surface area contributed by atoms with Gasteiger partial charge in [0, 0.05) is 18.2 Å². The molecule has 1 amide bonds. The van der Waals surface area contributed by atoms with Crippen molar-refractivity contribution in [2.75, 3.05) is 26.7 Å². The summed E-state index contributed by atoms with van der Waals surface area (Å²) in [6.45, 7) is 2.44. The predicted octanol–water partition coefficient (Wildman–Crippen LogP) is 4.23. The van der Waals surface area contributed by atoms with Crippen LogP contribution < -0.4 is 16.0 Å². The fourth-order valence-corrected chi connectivity index (χ4v) is 4.20. The topological polar surface area (TPSA) is 53.2 Å². The minimum atomic E-state index is -0.318. The Hall–Kier alpha value is -3.09. The number of carbonyl (C=O) groups excluding carboxylic acids is 1. The first kappa shape index (κ1) is 22.1. The van der Waals surface area contributed by atoms with Gasteiger partial charge in [0.25, 0.3) is 5.91 Å². The van der Waals surface area contributed by atoms with E-state index in [0.717, 1.165) is 41.8 Å². The van der Waals surface area contributed by atoms with Gasteiger partial charge in [-0.05, 0) is 97.2 Å². The lowest BCUT2D eigenvalue weighted by atomic mass is 9.95. The van der Waals surface area contributed by atoms with Gasteiger partial charge in [-0.2, -0.15) is 0 Å². The van der Waals surface area contributed by atoms with Crippen LogP contribution in [0.4, 0.5) is 8.78 Å². The molecule has 1 aliphatic rings. The van der Waals surface area contributed by atoms with E-state index in [2.05, 4.69) is 16.0 Å². The minimum Gasteiger partial charge on any atom is -0.350 e. The molecule has 1 heterocycles. The molecule has 32 heavy (non-hydrogen) atoms. The second-order valence-corrected chi connectivity index (χ2v) is 8.29. The Morgan fingerprint density at radius 3 is 1.97 bits per heavy atom. The molecule has 0 spiro atoms. The standard InChI is InChI=1S/C26H27F2N3O/c1-29-14-17-10-25(30-15-17)16-31-26(32)22-12-20(18-2-6-23(27)7-3-18)11-21(13-22)19-4-8-24(28)9-5-19/h2-9,11-13,17,25,29-30H,10,14-16H2,1H3,(H,31,32)/t17-,25+/m1/s1. The van der Waals surface area contributed by atoms with Crippen molar-refractivity contribution >= 4 is 5.91 Å². The van der Waals surface area contributed by atoms with E-state index in [4.69, 9.17) is 0 Å². The number of rotatable bonds is 7. The van der Waals surface area contributed by atoms with Crippen LogP contribution in [0, 0.1) is 17.6 Å². The highest BCUT2D eigenvalue weighted by atomic mass is 19.1. The van der Waals surface area contributed by atoms with Gasteiger partial charge >= 0.3 is 0 Å². The first-order valence-electron chi connectivity index (χ1n) is 10.8. The molecule has 0 saturated carbocycles. The molecule has 0 aromatic heterocycles. The third-order valence-corrected chi connectivity index (χ3v) is 5.87. The Morgan fingerprint density at radius 1 is 0.875 bits per heavy atom. The first-order chi connectivity index (χ1) is 15.5. The number of halogens is 2. The molecule has 166 valence electrons. The monoisotopic (exact) mass is 435 g/mol. The molecule has 4 rings (SSSR count). The van der Waals surface area contributed by atoms with Crippen LogP contribution in [0.25, 0.3) is 22.3 Å². The molecule has 0 radical (unpaired) electrons. The zero-order valence-corrected chi connectivity index (χ0v) is 18.0. The fraction of sp³-hybridized carbons (Fsp3) is 0.269. The number of amides is 1. The molecule has 3 aromatic carbocycles. The van der Waals surface area contributed by atoms with E-state index in [-0.39, 0.29) is 23.6 Å². The molecule has 0 bridgehead atoms. The van der Waals surface area contributed by atoms with Gasteiger partial charge in [-0.25, -0.2) is 8.78 Å². The first-order valence-corrected chi connectivity index (χ1v) is 10.8. The van der Waals surface area contributed by atoms with Gasteiger partial charge in [0.2, 0.25) is 0 Å². The molecule has 2 atom stereocenters. The van der Waals surface area contributed by atoms with Crippen molar-refractivity contribution in [1.82, 2.24) is 16.0 Å². The van der Waals surface area contributed by atoms with Crippen molar-refractivity contribution in [2.24, 2.45) is 5.92 Å². The Kier molecular flexibility index (Phi) is 6.93. The Bertz CT molecular complexity index is 1000. The van der Waals surface area contributed by atoms with Crippen LogP contribution in [-0.4, -0.2) is 38.6 Å². The Labute approximate surface area is 187 Å². The normalized spacial score (nSPS) is 18.0. The van der Waals surface area contributed by atoms with Crippen molar-refractivity contribution in [2.45, 2.75) is 12.5 Å². The number of hydrogen-bond acceptors (Lipinski definition) is 3. The fourth-order valence-electron chi connectivity index (χ4n) is 4.20. The summed E-state index contributed by atoms with van der Waals surface area (Å²) in [5.41, 5.74) is 3.71. The van der Waals surface area contributed by atoms with Crippen LogP contribution in [0.3, 0.4) is 0 Å². The lowest BCUT2D eigenvalue weighted by Gasteiger charge is -2.14. The van der Waals surface area contributed by atoms with Gasteiger partial charge in [-0.3, -0.25) is 4.79 Å². The molecule has 1 fully saturated rings. The maximum atomic E-state index is 13.4. The van der Waals surface area contributed by atoms with E-state index in [1.54, 1.807) is 24.3 Å². The smallest absolute Gasteiger partial charge is 0.251 e. The highest BCUT2D eigenvalue weighted by Gasteiger charge is 2.24. The van der Waals surface area contributed by atoms with Crippen LogP contribution in [0.2, 0.25) is 0 Å². The summed E-state index contributed by atoms with van der Waals surface area (Å²) in [7, 11) is 1.95. The lowest BCUT2D eigenvalue weighted by Crippen LogP contribution is -2.37. The van der Waals surface area contributed by atoms with E-state index in [9.17, 15) is 13.6 Å². The Balaban J connectivity index is 1.58. The maximum absolute atomic E-state index is 13.4. The van der Waals surface area contributed by atoms with E-state index in [1.165, 1.54) is 24.3 Å². The van der Waals surface area contributed by atoms with Gasteiger partial charge in [-0.15, -0.1) is 0 Å². The van der Waals surface area contributed by atoms with Gasteiger partial charge in [-0.1, -0.05) is 24.3 Å². The van der Waals surface area contributed by atoms with Crippen molar-refractivity contribution in [3.63, 3.8) is 0 Å². The molecular weight excluding hydrogens is 408 g/mol. The van der Waals surface area contributed by atoms with Crippen molar-refractivity contribution in [1.29, 1.82) is 0 Å². The molecule has 3 N–H and O–H groups in total. The third-order valence-electron chi connectivity index (χ3n) is 5.87. The Morgan fingerprint density at radius 2 is 1.44 bits per heavy atom. The highest BCUT2D eigenvalue weighted by molar-refractivity contribution is 5.97. The van der Waals surface area contributed by atoms with Crippen molar-refractivity contribution < 1.29 is 13.6 Å². The molecule has 4 nitrogen and oxygen atoms in total. The van der Waals surface area contributed by atoms with Gasteiger partial charge < -0.3 is 16.0 Å². The van der Waals surface area contributed by atoms with E-state index in [1.807, 2.05) is 25.2 Å². The van der Waals surface area contributed by atoms with Crippen LogP contribution in [0.1, 0.15) is 16.8 Å². The second-order valence-electron chi connectivity index (χ2n) is 8.29. The number of benzene rings is 3. The van der Waals surface area contributed by atoms with Crippen molar-refractivity contribution in [3.05, 3.63) is 83.9 Å². The van der Waals surface area contributed by atoms with Gasteiger partial charge in [0.1, 0.15) is 11.6 Å². The summed E-state index contributed by atoms with van der Waals surface area (Å²) in [6.07, 6.45) is 1.01. The van der Waals surface area contributed by atoms with Crippen molar-refractivity contribution in [3.8, 4) is 22.3 Å². The van der Waals surface area contributed by atoms with E-state index in [0.29, 0.717) is 18.0 Å². The lowest BCUT2D eigenvalue weighted by molar-refractivity contribution is 0.0950. The number of nitrogens with one attached hydrogen (secondary N) is 3. The molecule has 1 saturated heterocycles. The van der Waals surface area contributed by atoms with E-state index >= 15 is 0 Å². The molecular formula is C26H27F2N3O. The quantitative estimate of drug-likeness (QED) is 0.521. The number of hydrogen-bond donors (Lipinski definition) is 3. The van der Waals surface area contributed by atoms with Crippen LogP contribution >= 0.6 is 0 Å². The van der Waals surface area contributed by atoms with Crippen LogP contribution in [-0.2, 0) is 0 Å². The summed E-state index contributed by atoms with van der Waals surface area (Å²) in [5, 5.41) is 9.69. The SMILES string of the molecule is CNC[C@@H]1CN[C@H](CNC(=O)c2cc(-c3ccc(F)cc3)cc(-c3ccc(F)cc3)c2)C1. The zero-order chi connectivity index (χ0) is 22.5. The average Bonchev–Trinajstić information content (AvgIpc) is 3.26. The summed E-state index contributed by atoms with van der Waals surface area (Å²) in [6, 6.07) is 18.1. The molecule has 0 unspecified atom stereocenters. The summed E-state index contributed by atoms with van der Waals surface area (Å²) < 4.78 is 26.8. The highest BCUT2D eigenvalue weighted by Crippen LogP contribution is 2.29. The van der Waals surface area contributed by atoms with E-state index < -0.39 is 0 Å². The largest absolute Gasteiger partial charge is 0.350 e. The second kappa shape index (κ2) is 10.0. The molecule has 0 aliphatic carbocycles. The molecule has 6 heteroatoms. The van der Waals surface area contributed by atoms with Gasteiger partial charge in [0.15, 0.2) is 0 Å². The number of carbonyl (C=O) groups is 1. The minimum absolute atomic E-state index is 0.170.